The maximum Gasteiger partial charge on any atom is 0.262 e. The quantitative estimate of drug-likeness (QED) is 0.380. The molecule has 0 spiro atoms. The first-order chi connectivity index (χ1) is 17.2. The van der Waals surface area contributed by atoms with Gasteiger partial charge in [-0.05, 0) is 59.4 Å². The Bertz CT molecular complexity index is 1580. The van der Waals surface area contributed by atoms with Crippen LogP contribution >= 0.6 is 11.3 Å². The zero-order valence-electron chi connectivity index (χ0n) is 19.5. The highest BCUT2D eigenvalue weighted by atomic mass is 32.1. The summed E-state index contributed by atoms with van der Waals surface area (Å²) in [6.45, 7) is 1.23. The van der Waals surface area contributed by atoms with Gasteiger partial charge in [-0.15, -0.1) is 11.3 Å². The van der Waals surface area contributed by atoms with Crippen molar-refractivity contribution in [1.29, 1.82) is 0 Å². The van der Waals surface area contributed by atoms with Crippen molar-refractivity contribution in [1.82, 2.24) is 19.9 Å². The van der Waals surface area contributed by atoms with E-state index in [-0.39, 0.29) is 5.56 Å². The number of rotatable bonds is 6. The summed E-state index contributed by atoms with van der Waals surface area (Å²) in [6, 6.07) is 16.8. The molecule has 7 heteroatoms. The number of nitrogens with zero attached hydrogens (tertiary/aromatic N) is 3. The third kappa shape index (κ3) is 4.22. The minimum Gasteiger partial charge on any atom is -0.496 e. The number of hydrogen-bond acceptors (Lipinski definition) is 6. The number of aryl methyl sites for hydroxylation is 1. The molecule has 1 aliphatic rings. The summed E-state index contributed by atoms with van der Waals surface area (Å²) < 4.78 is 7.37. The molecule has 0 saturated carbocycles. The van der Waals surface area contributed by atoms with Crippen molar-refractivity contribution in [2.24, 2.45) is 0 Å². The Hall–Kier alpha value is -3.55. The minimum absolute atomic E-state index is 0.0319. The van der Waals surface area contributed by atoms with E-state index in [0.29, 0.717) is 12.6 Å². The molecule has 0 radical (unpaired) electrons. The second kappa shape index (κ2) is 9.24. The molecule has 3 heterocycles. The monoisotopic (exact) mass is 482 g/mol. The van der Waals surface area contributed by atoms with Crippen LogP contribution in [0.2, 0.25) is 0 Å². The Labute approximate surface area is 207 Å². The van der Waals surface area contributed by atoms with E-state index in [9.17, 15) is 4.79 Å². The third-order valence-corrected chi connectivity index (χ3v) is 8.01. The van der Waals surface area contributed by atoms with E-state index < -0.39 is 0 Å². The van der Waals surface area contributed by atoms with E-state index >= 15 is 0 Å². The molecule has 1 aliphatic carbocycles. The summed E-state index contributed by atoms with van der Waals surface area (Å²) in [7, 11) is 1.67. The maximum atomic E-state index is 13.6. The van der Waals surface area contributed by atoms with E-state index in [4.69, 9.17) is 9.72 Å². The van der Waals surface area contributed by atoms with Gasteiger partial charge in [0.15, 0.2) is 0 Å². The molecule has 176 valence electrons. The standard InChI is InChI=1S/C28H26N4O2S/c1-34-24-12-20-7-3-2-6-19(20)11-21(24)16-32-17-31-27-26(28(32)33)23-9-8-22(13-25(23)35-27)30-15-18-5-4-10-29-14-18/h2-7,10-12,14,17,22,30H,8-9,13,15-16H2,1H3. The van der Waals surface area contributed by atoms with Gasteiger partial charge >= 0.3 is 0 Å². The van der Waals surface area contributed by atoms with Gasteiger partial charge in [-0.25, -0.2) is 4.98 Å². The van der Waals surface area contributed by atoms with Gasteiger partial charge in [0.25, 0.3) is 5.56 Å². The van der Waals surface area contributed by atoms with Crippen molar-refractivity contribution in [2.45, 2.75) is 38.4 Å². The second-order valence-electron chi connectivity index (χ2n) is 9.05. The molecule has 0 bridgehead atoms. The van der Waals surface area contributed by atoms with E-state index in [1.54, 1.807) is 35.5 Å². The fourth-order valence-electron chi connectivity index (χ4n) is 5.02. The summed E-state index contributed by atoms with van der Waals surface area (Å²) in [5, 5.41) is 6.69. The van der Waals surface area contributed by atoms with Gasteiger partial charge in [0.1, 0.15) is 10.6 Å². The van der Waals surface area contributed by atoms with Gasteiger partial charge in [0.05, 0.1) is 25.4 Å². The Morgan fingerprint density at radius 1 is 1.17 bits per heavy atom. The molecule has 0 saturated heterocycles. The van der Waals surface area contributed by atoms with E-state index in [1.807, 2.05) is 30.5 Å². The molecule has 5 aromatic rings. The smallest absolute Gasteiger partial charge is 0.262 e. The van der Waals surface area contributed by atoms with Crippen LogP contribution in [0.5, 0.6) is 5.75 Å². The van der Waals surface area contributed by atoms with E-state index in [0.717, 1.165) is 58.1 Å². The number of nitrogens with one attached hydrogen (secondary N) is 1. The van der Waals surface area contributed by atoms with Crippen LogP contribution in [-0.4, -0.2) is 27.7 Å². The second-order valence-corrected chi connectivity index (χ2v) is 10.1. The Balaban J connectivity index is 1.28. The van der Waals surface area contributed by atoms with E-state index in [1.165, 1.54) is 16.0 Å². The molecule has 6 nitrogen and oxygen atoms in total. The normalized spacial score (nSPS) is 15.4. The van der Waals surface area contributed by atoms with Crippen LogP contribution in [0.4, 0.5) is 0 Å². The highest BCUT2D eigenvalue weighted by Gasteiger charge is 2.25. The number of ether oxygens (including phenoxy) is 1. The molecule has 0 aliphatic heterocycles. The fraction of sp³-hybridized carbons (Fsp3) is 0.250. The van der Waals surface area contributed by atoms with Crippen LogP contribution in [0.15, 0.2) is 72.0 Å². The van der Waals surface area contributed by atoms with Crippen LogP contribution in [-0.2, 0) is 25.9 Å². The highest BCUT2D eigenvalue weighted by molar-refractivity contribution is 7.18. The Morgan fingerprint density at radius 2 is 2.03 bits per heavy atom. The molecular weight excluding hydrogens is 456 g/mol. The number of methoxy groups -OCH3 is 1. The Morgan fingerprint density at radius 3 is 2.83 bits per heavy atom. The number of thiophene rings is 1. The van der Waals surface area contributed by atoms with Crippen molar-refractivity contribution in [3.05, 3.63) is 99.2 Å². The lowest BCUT2D eigenvalue weighted by atomic mass is 9.93. The Kier molecular flexibility index (Phi) is 5.80. The van der Waals surface area contributed by atoms with Gasteiger partial charge < -0.3 is 10.1 Å². The van der Waals surface area contributed by atoms with Gasteiger partial charge in [0, 0.05) is 35.4 Å². The zero-order chi connectivity index (χ0) is 23.8. The van der Waals surface area contributed by atoms with Crippen LogP contribution in [0.3, 0.4) is 0 Å². The van der Waals surface area contributed by atoms with Crippen LogP contribution in [0, 0.1) is 0 Å². The van der Waals surface area contributed by atoms with E-state index in [2.05, 4.69) is 34.6 Å². The zero-order valence-corrected chi connectivity index (χ0v) is 20.3. The van der Waals surface area contributed by atoms with Crippen LogP contribution < -0.4 is 15.6 Å². The van der Waals surface area contributed by atoms with Crippen molar-refractivity contribution >= 4 is 32.3 Å². The number of benzene rings is 2. The number of hydrogen-bond donors (Lipinski definition) is 1. The highest BCUT2D eigenvalue weighted by Crippen LogP contribution is 2.34. The fourth-order valence-corrected chi connectivity index (χ4v) is 6.27. The largest absolute Gasteiger partial charge is 0.496 e. The van der Waals surface area contributed by atoms with Crippen LogP contribution in [0.25, 0.3) is 21.0 Å². The molecule has 1 N–H and O–H groups in total. The first-order valence-corrected chi connectivity index (χ1v) is 12.7. The lowest BCUT2D eigenvalue weighted by Gasteiger charge is -2.23. The molecule has 3 aromatic heterocycles. The predicted molar refractivity (Wildman–Crippen MR) is 140 cm³/mol. The summed E-state index contributed by atoms with van der Waals surface area (Å²) in [5.41, 5.74) is 3.37. The van der Waals surface area contributed by atoms with Crippen molar-refractivity contribution in [2.75, 3.05) is 7.11 Å². The van der Waals surface area contributed by atoms with Crippen LogP contribution in [0.1, 0.15) is 28.0 Å². The average Bonchev–Trinajstić information content (AvgIpc) is 3.27. The van der Waals surface area contributed by atoms with Crippen molar-refractivity contribution < 1.29 is 4.74 Å². The average molecular weight is 483 g/mol. The number of fused-ring (bicyclic) bond motifs is 4. The van der Waals surface area contributed by atoms with Gasteiger partial charge in [-0.1, -0.05) is 30.3 Å². The molecule has 0 amide bonds. The summed E-state index contributed by atoms with van der Waals surface area (Å²) in [4.78, 5) is 24.6. The molecule has 35 heavy (non-hydrogen) atoms. The molecule has 1 atom stereocenters. The SMILES string of the molecule is COc1cc2ccccc2cc1Cn1cnc2sc3c(c2c1=O)CCC(NCc1cccnc1)C3. The lowest BCUT2D eigenvalue weighted by molar-refractivity contribution is 0.409. The molecule has 1 unspecified atom stereocenters. The molecule has 2 aromatic carbocycles. The van der Waals surface area contributed by atoms with Gasteiger partial charge in [-0.3, -0.25) is 14.3 Å². The maximum absolute atomic E-state index is 13.6. The topological polar surface area (TPSA) is 69.0 Å². The number of pyridine rings is 1. The van der Waals surface area contributed by atoms with Crippen molar-refractivity contribution in [3.63, 3.8) is 0 Å². The molecule has 6 rings (SSSR count). The first kappa shape index (κ1) is 21.9. The summed E-state index contributed by atoms with van der Waals surface area (Å²) in [6.07, 6.45) is 8.20. The predicted octanol–water partition coefficient (Wildman–Crippen LogP) is 4.71. The first-order valence-electron chi connectivity index (χ1n) is 11.9. The minimum atomic E-state index is 0.0319. The van der Waals surface area contributed by atoms with Crippen molar-refractivity contribution in [3.8, 4) is 5.75 Å². The van der Waals surface area contributed by atoms with Gasteiger partial charge in [-0.2, -0.15) is 0 Å². The summed E-state index contributed by atoms with van der Waals surface area (Å²) in [5.74, 6) is 0.783. The summed E-state index contributed by atoms with van der Waals surface area (Å²) >= 11 is 1.66. The third-order valence-electron chi connectivity index (χ3n) is 6.84. The number of aromatic nitrogens is 3. The molecular formula is C28H26N4O2S. The molecule has 0 fully saturated rings. The lowest BCUT2D eigenvalue weighted by Crippen LogP contribution is -2.33. The van der Waals surface area contributed by atoms with Gasteiger partial charge in [0.2, 0.25) is 0 Å².